The topological polar surface area (TPSA) is 131 Å². The summed E-state index contributed by atoms with van der Waals surface area (Å²) in [6.07, 6.45) is -7.23. The zero-order valence-corrected chi connectivity index (χ0v) is 6.61. The van der Waals surface area contributed by atoms with Gasteiger partial charge in [0.05, 0.1) is 6.61 Å². The van der Waals surface area contributed by atoms with Crippen molar-refractivity contribution in [3.05, 3.63) is 0 Å². The molecule has 0 spiro atoms. The Kier molecular flexibility index (Phi) is 2.88. The zero-order valence-electron chi connectivity index (χ0n) is 6.61. The molecule has 0 unspecified atom stereocenters. The Balaban J connectivity index is 2.82. The van der Waals surface area contributed by atoms with Gasteiger partial charge in [0.2, 0.25) is 5.79 Å². The molecule has 0 radical (unpaired) electrons. The van der Waals surface area contributed by atoms with Crippen LogP contribution in [0.3, 0.4) is 0 Å². The van der Waals surface area contributed by atoms with E-state index in [0.717, 1.165) is 0 Å². The van der Waals surface area contributed by atoms with Crippen LogP contribution < -0.4 is 0 Å². The highest BCUT2D eigenvalue weighted by atomic mass is 16.7. The summed E-state index contributed by atoms with van der Waals surface area (Å²) in [5.41, 5.74) is 0. The maximum absolute atomic E-state index is 9.25. The fourth-order valence-corrected chi connectivity index (χ4v) is 1.10. The lowest BCUT2D eigenvalue weighted by Crippen LogP contribution is -2.65. The molecule has 0 bridgehead atoms. The Hall–Kier alpha value is -0.280. The van der Waals surface area contributed by atoms with Crippen molar-refractivity contribution in [1.82, 2.24) is 0 Å². The molecule has 0 saturated carbocycles. The summed E-state index contributed by atoms with van der Waals surface area (Å²) < 4.78 is 4.32. The van der Waals surface area contributed by atoms with Crippen LogP contribution in [0, 0.1) is 0 Å². The van der Waals surface area contributed by atoms with Crippen LogP contribution in [0.1, 0.15) is 0 Å². The van der Waals surface area contributed by atoms with Crippen LogP contribution >= 0.6 is 0 Å². The largest absolute Gasteiger partial charge is 0.391 e. The normalized spacial score (nSPS) is 52.2. The number of hydrogen-bond acceptors (Lipinski definition) is 7. The van der Waals surface area contributed by atoms with Crippen molar-refractivity contribution < 1.29 is 35.4 Å². The van der Waals surface area contributed by atoms with Gasteiger partial charge in [-0.2, -0.15) is 0 Å². The lowest BCUT2D eigenvalue weighted by atomic mass is 9.96. The van der Waals surface area contributed by atoms with Gasteiger partial charge in [0.15, 0.2) is 6.29 Å². The molecular weight excluding hydrogens is 184 g/mol. The number of aliphatic hydroxyl groups excluding tert-OH is 5. The predicted octanol–water partition coefficient (Wildman–Crippen LogP) is -3.90. The third-order valence-corrected chi connectivity index (χ3v) is 1.98. The standard InChI is InChI=1S/C6H12O7/c7-1-6(12)4(10)2(8)3(9)5(11)13-6/h2-5,7-12H,1H2/t2-,3+,4+,5-,6-/m1/s1. The molecule has 0 aromatic carbocycles. The van der Waals surface area contributed by atoms with Gasteiger partial charge in [0.1, 0.15) is 18.3 Å². The third-order valence-electron chi connectivity index (χ3n) is 1.98. The quantitative estimate of drug-likeness (QED) is 0.253. The first-order valence-electron chi connectivity index (χ1n) is 3.65. The lowest BCUT2D eigenvalue weighted by Gasteiger charge is -2.42. The average Bonchev–Trinajstić information content (AvgIpc) is 2.12. The molecule has 1 aliphatic heterocycles. The van der Waals surface area contributed by atoms with Crippen molar-refractivity contribution in [2.75, 3.05) is 6.61 Å². The minimum atomic E-state index is -2.45. The smallest absolute Gasteiger partial charge is 0.221 e. The molecule has 1 heterocycles. The van der Waals surface area contributed by atoms with Gasteiger partial charge in [0, 0.05) is 0 Å². The second-order valence-electron chi connectivity index (χ2n) is 2.94. The average molecular weight is 196 g/mol. The highest BCUT2D eigenvalue weighted by Gasteiger charge is 2.52. The first-order valence-corrected chi connectivity index (χ1v) is 3.65. The maximum atomic E-state index is 9.25. The highest BCUT2D eigenvalue weighted by molar-refractivity contribution is 4.92. The summed E-state index contributed by atoms with van der Waals surface area (Å²) in [4.78, 5) is 0. The van der Waals surface area contributed by atoms with Crippen LogP contribution in [0.5, 0.6) is 0 Å². The van der Waals surface area contributed by atoms with Crippen molar-refractivity contribution in [2.24, 2.45) is 0 Å². The summed E-state index contributed by atoms with van der Waals surface area (Å²) in [6, 6.07) is 0. The van der Waals surface area contributed by atoms with Gasteiger partial charge in [-0.25, -0.2) is 0 Å². The third kappa shape index (κ3) is 1.67. The summed E-state index contributed by atoms with van der Waals surface area (Å²) in [5, 5.41) is 53.9. The number of rotatable bonds is 1. The number of aliphatic hydroxyl groups is 6. The van der Waals surface area contributed by atoms with Gasteiger partial charge in [-0.05, 0) is 0 Å². The van der Waals surface area contributed by atoms with Crippen LogP contribution in [-0.4, -0.2) is 67.6 Å². The van der Waals surface area contributed by atoms with Crippen LogP contribution in [0.4, 0.5) is 0 Å². The molecule has 7 nitrogen and oxygen atoms in total. The summed E-state index contributed by atoms with van der Waals surface area (Å²) in [6.45, 7) is -1.00. The minimum absolute atomic E-state index is 1.00. The van der Waals surface area contributed by atoms with Crippen LogP contribution in [0.25, 0.3) is 0 Å². The van der Waals surface area contributed by atoms with Gasteiger partial charge in [0.25, 0.3) is 0 Å². The van der Waals surface area contributed by atoms with E-state index in [2.05, 4.69) is 4.74 Å². The maximum Gasteiger partial charge on any atom is 0.221 e. The fourth-order valence-electron chi connectivity index (χ4n) is 1.10. The van der Waals surface area contributed by atoms with Crippen molar-refractivity contribution in [2.45, 2.75) is 30.4 Å². The molecule has 5 atom stereocenters. The van der Waals surface area contributed by atoms with Gasteiger partial charge >= 0.3 is 0 Å². The van der Waals surface area contributed by atoms with E-state index in [4.69, 9.17) is 25.5 Å². The molecule has 78 valence electrons. The van der Waals surface area contributed by atoms with Crippen LogP contribution in [0.2, 0.25) is 0 Å². The van der Waals surface area contributed by atoms with Gasteiger partial charge in [-0.1, -0.05) is 0 Å². The number of ether oxygens (including phenoxy) is 1. The first kappa shape index (κ1) is 10.8. The molecule has 1 aliphatic rings. The van der Waals surface area contributed by atoms with Crippen molar-refractivity contribution in [3.63, 3.8) is 0 Å². The van der Waals surface area contributed by atoms with E-state index in [9.17, 15) is 5.11 Å². The zero-order chi connectivity index (χ0) is 10.2. The predicted molar refractivity (Wildman–Crippen MR) is 37.1 cm³/mol. The van der Waals surface area contributed by atoms with Crippen molar-refractivity contribution in [3.8, 4) is 0 Å². The first-order chi connectivity index (χ1) is 5.92. The Bertz CT molecular complexity index is 186. The molecular formula is C6H12O7. The molecule has 13 heavy (non-hydrogen) atoms. The monoisotopic (exact) mass is 196 g/mol. The minimum Gasteiger partial charge on any atom is -0.391 e. The number of hydrogen-bond donors (Lipinski definition) is 6. The molecule has 7 heteroatoms. The summed E-state index contributed by atoms with van der Waals surface area (Å²) in [5.74, 6) is -2.45. The Morgan fingerprint density at radius 2 is 1.62 bits per heavy atom. The molecule has 1 rings (SSSR count). The highest BCUT2D eigenvalue weighted by Crippen LogP contribution is 2.26. The second-order valence-corrected chi connectivity index (χ2v) is 2.94. The molecule has 0 amide bonds. The van der Waals surface area contributed by atoms with Gasteiger partial charge < -0.3 is 35.4 Å². The SMILES string of the molecule is OC[C@@]1(O)O[C@@H](O)[C@@H](O)[C@@H](O)[C@@H]1O. The fraction of sp³-hybridized carbons (Fsp3) is 1.00. The van der Waals surface area contributed by atoms with Crippen LogP contribution in [0.15, 0.2) is 0 Å². The summed E-state index contributed by atoms with van der Waals surface area (Å²) in [7, 11) is 0. The van der Waals surface area contributed by atoms with Gasteiger partial charge in [-0.15, -0.1) is 0 Å². The van der Waals surface area contributed by atoms with Crippen molar-refractivity contribution >= 4 is 0 Å². The van der Waals surface area contributed by atoms with E-state index < -0.39 is 37.0 Å². The Labute approximate surface area is 73.4 Å². The molecule has 0 aromatic rings. The molecule has 1 saturated heterocycles. The Morgan fingerprint density at radius 3 is 2.08 bits per heavy atom. The van der Waals surface area contributed by atoms with E-state index in [1.54, 1.807) is 0 Å². The summed E-state index contributed by atoms with van der Waals surface area (Å²) >= 11 is 0. The molecule has 0 aliphatic carbocycles. The molecule has 0 aromatic heterocycles. The van der Waals surface area contributed by atoms with E-state index in [1.807, 2.05) is 0 Å². The van der Waals surface area contributed by atoms with Crippen molar-refractivity contribution in [1.29, 1.82) is 0 Å². The Morgan fingerprint density at radius 1 is 1.08 bits per heavy atom. The lowest BCUT2D eigenvalue weighted by molar-refractivity contribution is -0.390. The van der Waals surface area contributed by atoms with E-state index in [0.29, 0.717) is 0 Å². The second kappa shape index (κ2) is 3.46. The van der Waals surface area contributed by atoms with Crippen LogP contribution in [-0.2, 0) is 4.74 Å². The van der Waals surface area contributed by atoms with E-state index >= 15 is 0 Å². The van der Waals surface area contributed by atoms with Gasteiger partial charge in [-0.3, -0.25) is 0 Å². The van der Waals surface area contributed by atoms with E-state index in [-0.39, 0.29) is 0 Å². The molecule has 1 fully saturated rings. The van der Waals surface area contributed by atoms with E-state index in [1.165, 1.54) is 0 Å². The molecule has 6 N–H and O–H groups in total.